The number of hydrogen-bond donors (Lipinski definition) is 0. The molecule has 1 aromatic heterocycles. The first-order chi connectivity index (χ1) is 10.1. The standard InChI is InChI=1S/C16H12BrFN2O/c1-2-15-19-13-8-7-10(17)9-11(13)16(21)20(15)14-6-4-3-5-12(14)18/h3-9H,2H2,1H3. The van der Waals surface area contributed by atoms with Crippen molar-refractivity contribution in [1.29, 1.82) is 0 Å². The Bertz CT molecular complexity index is 889. The Morgan fingerprint density at radius 2 is 2.00 bits per heavy atom. The molecule has 3 rings (SSSR count). The van der Waals surface area contributed by atoms with Crippen LogP contribution in [0.1, 0.15) is 12.7 Å². The Balaban J connectivity index is 2.44. The Hall–Kier alpha value is -2.01. The molecule has 0 aliphatic carbocycles. The van der Waals surface area contributed by atoms with Crippen LogP contribution >= 0.6 is 15.9 Å². The molecule has 0 saturated carbocycles. The molecule has 0 N–H and O–H groups in total. The first kappa shape index (κ1) is 13.9. The molecule has 0 aliphatic rings. The minimum Gasteiger partial charge on any atom is -0.268 e. The lowest BCUT2D eigenvalue weighted by molar-refractivity contribution is 0.611. The third-order valence-corrected chi connectivity index (χ3v) is 3.80. The van der Waals surface area contributed by atoms with Gasteiger partial charge in [-0.15, -0.1) is 0 Å². The van der Waals surface area contributed by atoms with Gasteiger partial charge in [0.25, 0.3) is 5.56 Å². The van der Waals surface area contributed by atoms with Crippen molar-refractivity contribution in [3.05, 3.63) is 68.9 Å². The SMILES string of the molecule is CCc1nc2ccc(Br)cc2c(=O)n1-c1ccccc1F. The van der Waals surface area contributed by atoms with Crippen LogP contribution in [-0.4, -0.2) is 9.55 Å². The van der Waals surface area contributed by atoms with Gasteiger partial charge in [-0.1, -0.05) is 35.0 Å². The number of fused-ring (bicyclic) bond motifs is 1. The highest BCUT2D eigenvalue weighted by atomic mass is 79.9. The summed E-state index contributed by atoms with van der Waals surface area (Å²) in [5.74, 6) is 0.102. The van der Waals surface area contributed by atoms with Crippen LogP contribution in [0.3, 0.4) is 0 Å². The summed E-state index contributed by atoms with van der Waals surface area (Å²) in [5, 5.41) is 0.463. The molecule has 3 aromatic rings. The molecule has 3 nitrogen and oxygen atoms in total. The number of aryl methyl sites for hydroxylation is 1. The molecule has 106 valence electrons. The fourth-order valence-corrected chi connectivity index (χ4v) is 2.68. The van der Waals surface area contributed by atoms with E-state index in [1.807, 2.05) is 13.0 Å². The van der Waals surface area contributed by atoms with Crippen molar-refractivity contribution in [2.45, 2.75) is 13.3 Å². The summed E-state index contributed by atoms with van der Waals surface area (Å²) in [5.41, 5.74) is 0.588. The van der Waals surface area contributed by atoms with Gasteiger partial charge >= 0.3 is 0 Å². The molecular weight excluding hydrogens is 335 g/mol. The van der Waals surface area contributed by atoms with Crippen LogP contribution in [-0.2, 0) is 6.42 Å². The van der Waals surface area contributed by atoms with E-state index in [4.69, 9.17) is 0 Å². The van der Waals surface area contributed by atoms with Crippen LogP contribution < -0.4 is 5.56 Å². The summed E-state index contributed by atoms with van der Waals surface area (Å²) >= 11 is 3.35. The second kappa shape index (κ2) is 5.41. The molecule has 0 radical (unpaired) electrons. The third kappa shape index (κ3) is 2.38. The van der Waals surface area contributed by atoms with Crippen LogP contribution in [0, 0.1) is 5.82 Å². The normalized spacial score (nSPS) is 11.0. The summed E-state index contributed by atoms with van der Waals surface area (Å²) in [6, 6.07) is 11.6. The van der Waals surface area contributed by atoms with Gasteiger partial charge in [0.1, 0.15) is 11.6 Å². The van der Waals surface area contributed by atoms with E-state index in [0.29, 0.717) is 23.1 Å². The fourth-order valence-electron chi connectivity index (χ4n) is 2.32. The largest absolute Gasteiger partial charge is 0.268 e. The van der Waals surface area contributed by atoms with Crippen molar-refractivity contribution < 1.29 is 4.39 Å². The van der Waals surface area contributed by atoms with E-state index in [1.165, 1.54) is 10.6 Å². The number of rotatable bonds is 2. The molecule has 2 aromatic carbocycles. The van der Waals surface area contributed by atoms with Crippen LogP contribution in [0.4, 0.5) is 4.39 Å². The highest BCUT2D eigenvalue weighted by Crippen LogP contribution is 2.19. The van der Waals surface area contributed by atoms with Gasteiger partial charge in [-0.3, -0.25) is 9.36 Å². The van der Waals surface area contributed by atoms with Crippen LogP contribution in [0.5, 0.6) is 0 Å². The van der Waals surface area contributed by atoms with Gasteiger partial charge in [0.2, 0.25) is 0 Å². The van der Waals surface area contributed by atoms with Crippen LogP contribution in [0.15, 0.2) is 51.7 Å². The molecule has 0 fully saturated rings. The van der Waals surface area contributed by atoms with E-state index in [1.54, 1.807) is 30.3 Å². The number of benzene rings is 2. The Morgan fingerprint density at radius 1 is 1.24 bits per heavy atom. The monoisotopic (exact) mass is 346 g/mol. The lowest BCUT2D eigenvalue weighted by Crippen LogP contribution is -2.24. The molecule has 0 atom stereocenters. The summed E-state index contributed by atoms with van der Waals surface area (Å²) in [6.07, 6.45) is 0.537. The van der Waals surface area contributed by atoms with Gasteiger partial charge < -0.3 is 0 Å². The summed E-state index contributed by atoms with van der Waals surface area (Å²) in [7, 11) is 0. The third-order valence-electron chi connectivity index (χ3n) is 3.31. The molecule has 0 amide bonds. The smallest absolute Gasteiger partial charge is 0.266 e. The average Bonchev–Trinajstić information content (AvgIpc) is 2.49. The summed E-state index contributed by atoms with van der Waals surface area (Å²) in [4.78, 5) is 17.2. The maximum absolute atomic E-state index is 14.1. The lowest BCUT2D eigenvalue weighted by Gasteiger charge is -2.13. The van der Waals surface area contributed by atoms with Crippen molar-refractivity contribution in [3.8, 4) is 5.69 Å². The zero-order chi connectivity index (χ0) is 15.0. The predicted octanol–water partition coefficient (Wildman–Crippen LogP) is 3.85. The molecule has 0 saturated heterocycles. The molecule has 21 heavy (non-hydrogen) atoms. The quantitative estimate of drug-likeness (QED) is 0.706. The van der Waals surface area contributed by atoms with Crippen molar-refractivity contribution >= 4 is 26.8 Å². The molecule has 5 heteroatoms. The highest BCUT2D eigenvalue weighted by Gasteiger charge is 2.14. The average molecular weight is 347 g/mol. The summed E-state index contributed by atoms with van der Waals surface area (Å²) in [6.45, 7) is 1.89. The van der Waals surface area contributed by atoms with E-state index < -0.39 is 5.82 Å². The van der Waals surface area contributed by atoms with Gasteiger partial charge in [-0.25, -0.2) is 9.37 Å². The predicted molar refractivity (Wildman–Crippen MR) is 84.4 cm³/mol. The van der Waals surface area contributed by atoms with Crippen LogP contribution in [0.25, 0.3) is 16.6 Å². The molecular formula is C16H12BrFN2O. The Morgan fingerprint density at radius 3 is 2.71 bits per heavy atom. The molecule has 0 bridgehead atoms. The minimum atomic E-state index is -0.439. The highest BCUT2D eigenvalue weighted by molar-refractivity contribution is 9.10. The number of halogens is 2. The maximum Gasteiger partial charge on any atom is 0.266 e. The van der Waals surface area contributed by atoms with E-state index >= 15 is 0 Å². The van der Waals surface area contributed by atoms with E-state index in [9.17, 15) is 9.18 Å². The number of aromatic nitrogens is 2. The Kier molecular flexibility index (Phi) is 3.59. The van der Waals surface area contributed by atoms with Crippen molar-refractivity contribution in [3.63, 3.8) is 0 Å². The first-order valence-corrected chi connectivity index (χ1v) is 7.37. The molecule has 1 heterocycles. The second-order valence-corrected chi connectivity index (χ2v) is 5.55. The first-order valence-electron chi connectivity index (χ1n) is 6.58. The number of para-hydroxylation sites is 1. The fraction of sp³-hybridized carbons (Fsp3) is 0.125. The zero-order valence-corrected chi connectivity index (χ0v) is 12.9. The van der Waals surface area contributed by atoms with Gasteiger partial charge in [0.15, 0.2) is 0 Å². The summed E-state index contributed by atoms with van der Waals surface area (Å²) < 4.78 is 16.2. The van der Waals surface area contributed by atoms with E-state index in [-0.39, 0.29) is 11.2 Å². The van der Waals surface area contributed by atoms with Gasteiger partial charge in [-0.2, -0.15) is 0 Å². The van der Waals surface area contributed by atoms with Crippen LogP contribution in [0.2, 0.25) is 0 Å². The molecule has 0 unspecified atom stereocenters. The van der Waals surface area contributed by atoms with Gasteiger partial charge in [-0.05, 0) is 30.3 Å². The number of nitrogens with zero attached hydrogens (tertiary/aromatic N) is 2. The second-order valence-electron chi connectivity index (χ2n) is 4.64. The Labute approximate surface area is 129 Å². The van der Waals surface area contributed by atoms with Gasteiger partial charge in [0, 0.05) is 10.9 Å². The molecule has 0 aliphatic heterocycles. The maximum atomic E-state index is 14.1. The van der Waals surface area contributed by atoms with Crippen molar-refractivity contribution in [2.24, 2.45) is 0 Å². The lowest BCUT2D eigenvalue weighted by atomic mass is 10.2. The van der Waals surface area contributed by atoms with Crippen molar-refractivity contribution in [2.75, 3.05) is 0 Å². The molecule has 0 spiro atoms. The van der Waals surface area contributed by atoms with E-state index in [2.05, 4.69) is 20.9 Å². The van der Waals surface area contributed by atoms with Gasteiger partial charge in [0.05, 0.1) is 16.6 Å². The topological polar surface area (TPSA) is 34.9 Å². The number of hydrogen-bond acceptors (Lipinski definition) is 2. The van der Waals surface area contributed by atoms with Crippen molar-refractivity contribution in [1.82, 2.24) is 9.55 Å². The van der Waals surface area contributed by atoms with E-state index in [0.717, 1.165) is 4.47 Å². The zero-order valence-electron chi connectivity index (χ0n) is 11.3. The minimum absolute atomic E-state index is 0.230.